The summed E-state index contributed by atoms with van der Waals surface area (Å²) >= 11 is 2.63. The third-order valence-electron chi connectivity index (χ3n) is 8.79. The average molecular weight is 755 g/mol. The summed E-state index contributed by atoms with van der Waals surface area (Å²) in [7, 11) is 3.88. The van der Waals surface area contributed by atoms with E-state index < -0.39 is 17.1 Å². The number of hydrogen-bond acceptors (Lipinski definition) is 8. The van der Waals surface area contributed by atoms with Crippen molar-refractivity contribution < 1.29 is 19.2 Å². The lowest BCUT2D eigenvalue weighted by molar-refractivity contribution is -0.129. The number of anilines is 3. The van der Waals surface area contributed by atoms with Crippen LogP contribution in [0.3, 0.4) is 0 Å². The molecular formula is C42H38N6O4S2. The zero-order valence-corrected chi connectivity index (χ0v) is 31.6. The average Bonchev–Trinajstić information content (AvgIpc) is 3.53. The molecule has 4 amide bonds. The monoisotopic (exact) mass is 754 g/mol. The van der Waals surface area contributed by atoms with Gasteiger partial charge in [-0.2, -0.15) is 5.26 Å². The number of nitrogens with zero attached hydrogens (tertiary/aromatic N) is 3. The fourth-order valence-corrected chi connectivity index (χ4v) is 8.22. The Morgan fingerprint density at radius 3 is 2.28 bits per heavy atom. The Balaban J connectivity index is 1.23. The summed E-state index contributed by atoms with van der Waals surface area (Å²) in [6, 6.07) is 35.0. The molecule has 1 aliphatic rings. The van der Waals surface area contributed by atoms with Crippen LogP contribution >= 0.6 is 23.1 Å². The molecular weight excluding hydrogens is 717 g/mol. The van der Waals surface area contributed by atoms with Crippen LogP contribution in [0.25, 0.3) is 6.08 Å². The number of rotatable bonds is 11. The van der Waals surface area contributed by atoms with Crippen LogP contribution in [0, 0.1) is 11.3 Å². The molecule has 0 fully saturated rings. The maximum atomic E-state index is 14.1. The van der Waals surface area contributed by atoms with E-state index in [1.165, 1.54) is 30.0 Å². The summed E-state index contributed by atoms with van der Waals surface area (Å²) < 4.78 is 0. The second-order valence-electron chi connectivity index (χ2n) is 12.8. The maximum Gasteiger partial charge on any atom is 0.272 e. The lowest BCUT2D eigenvalue weighted by atomic mass is 10.0. The first kappa shape index (κ1) is 37.6. The second-order valence-corrected chi connectivity index (χ2v) is 15.0. The van der Waals surface area contributed by atoms with Crippen molar-refractivity contribution in [1.29, 1.82) is 5.26 Å². The highest BCUT2D eigenvalue weighted by Crippen LogP contribution is 2.40. The summed E-state index contributed by atoms with van der Waals surface area (Å²) in [5.74, 6) is -1.29. The van der Waals surface area contributed by atoms with Crippen molar-refractivity contribution in [3.63, 3.8) is 0 Å². The first-order valence-corrected chi connectivity index (χ1v) is 18.9. The Morgan fingerprint density at radius 1 is 0.907 bits per heavy atom. The fraction of sp³-hybridized carbons (Fsp3) is 0.167. The lowest BCUT2D eigenvalue weighted by Gasteiger charge is -2.25. The molecule has 0 saturated carbocycles. The van der Waals surface area contributed by atoms with E-state index in [1.807, 2.05) is 85.7 Å². The van der Waals surface area contributed by atoms with E-state index in [4.69, 9.17) is 0 Å². The number of carbonyl (C=O) groups excluding carboxylic acids is 4. The molecule has 1 atom stereocenters. The number of thioether (sulfide) groups is 1. The number of fused-ring (bicyclic) bond motifs is 1. The summed E-state index contributed by atoms with van der Waals surface area (Å²) in [6.45, 7) is 2.46. The molecule has 0 spiro atoms. The highest BCUT2D eigenvalue weighted by molar-refractivity contribution is 8.00. The van der Waals surface area contributed by atoms with Gasteiger partial charge in [0.2, 0.25) is 11.8 Å². The molecule has 10 nitrogen and oxygen atoms in total. The second kappa shape index (κ2) is 17.1. The molecule has 1 aliphatic heterocycles. The Hall–Kier alpha value is -6.16. The Labute approximate surface area is 322 Å². The van der Waals surface area contributed by atoms with Crippen molar-refractivity contribution in [3.8, 4) is 6.07 Å². The third-order valence-corrected chi connectivity index (χ3v) is 11.2. The highest BCUT2D eigenvalue weighted by atomic mass is 32.2. The zero-order chi connectivity index (χ0) is 38.2. The molecule has 0 radical (unpaired) electrons. The van der Waals surface area contributed by atoms with Crippen LogP contribution < -0.4 is 20.9 Å². The van der Waals surface area contributed by atoms with Gasteiger partial charge in [-0.05, 0) is 71.7 Å². The van der Waals surface area contributed by atoms with Gasteiger partial charge in [0.05, 0.1) is 12.1 Å². The smallest absolute Gasteiger partial charge is 0.272 e. The maximum absolute atomic E-state index is 14.1. The van der Waals surface area contributed by atoms with Crippen LogP contribution in [0.15, 0.2) is 120 Å². The number of carbonyl (C=O) groups is 4. The standard InChI is InChI=1S/C42H38N6O4S2/c1-27(49)48-22-21-34-35(25-43)42(54-37(34)26-48)46-41(52)38(29-11-6-4-7-12-29)53-33-16-10-15-31(24-33)44-40(51)36(45-39(50)30-13-8-5-9-14-30)23-28-17-19-32(20-18-28)47(2)3/h4-20,23-24,38H,21-22,26H2,1-3H3,(H,44,51)(H,45,50)(H,46,52)/b36-23+. The molecule has 272 valence electrons. The minimum Gasteiger partial charge on any atom is -0.378 e. The number of nitriles is 1. The number of benzene rings is 4. The summed E-state index contributed by atoms with van der Waals surface area (Å²) in [6.07, 6.45) is 2.18. The van der Waals surface area contributed by atoms with Gasteiger partial charge in [-0.3, -0.25) is 19.2 Å². The van der Waals surface area contributed by atoms with E-state index in [0.29, 0.717) is 46.2 Å². The predicted octanol–water partition coefficient (Wildman–Crippen LogP) is 7.47. The summed E-state index contributed by atoms with van der Waals surface area (Å²) in [4.78, 5) is 58.4. The van der Waals surface area contributed by atoms with Gasteiger partial charge in [-0.25, -0.2) is 0 Å². The van der Waals surface area contributed by atoms with E-state index in [9.17, 15) is 24.4 Å². The van der Waals surface area contributed by atoms with Crippen molar-refractivity contribution in [2.24, 2.45) is 0 Å². The zero-order valence-electron chi connectivity index (χ0n) is 30.0. The van der Waals surface area contributed by atoms with Crippen LogP contribution in [-0.2, 0) is 27.3 Å². The van der Waals surface area contributed by atoms with Crippen LogP contribution in [0.2, 0.25) is 0 Å². The fourth-order valence-electron chi connectivity index (χ4n) is 5.92. The number of nitrogens with one attached hydrogen (secondary N) is 3. The first-order chi connectivity index (χ1) is 26.1. The molecule has 6 rings (SSSR count). The van der Waals surface area contributed by atoms with Crippen LogP contribution in [0.5, 0.6) is 0 Å². The van der Waals surface area contributed by atoms with E-state index in [1.54, 1.807) is 53.4 Å². The van der Waals surface area contributed by atoms with Crippen molar-refractivity contribution >= 4 is 69.2 Å². The van der Waals surface area contributed by atoms with Gasteiger partial charge < -0.3 is 25.8 Å². The van der Waals surface area contributed by atoms with E-state index in [2.05, 4.69) is 22.0 Å². The highest BCUT2D eigenvalue weighted by Gasteiger charge is 2.29. The largest absolute Gasteiger partial charge is 0.378 e. The number of thiophene rings is 1. The van der Waals surface area contributed by atoms with Crippen LogP contribution in [-0.4, -0.2) is 49.2 Å². The molecule has 12 heteroatoms. The first-order valence-electron chi connectivity index (χ1n) is 17.2. The van der Waals surface area contributed by atoms with Gasteiger partial charge in [0.25, 0.3) is 11.8 Å². The predicted molar refractivity (Wildman–Crippen MR) is 215 cm³/mol. The molecule has 54 heavy (non-hydrogen) atoms. The number of hydrogen-bond donors (Lipinski definition) is 3. The molecule has 0 saturated heterocycles. The van der Waals surface area contributed by atoms with Gasteiger partial charge in [-0.15, -0.1) is 23.1 Å². The summed E-state index contributed by atoms with van der Waals surface area (Å²) in [5, 5.41) is 18.5. The van der Waals surface area contributed by atoms with Crippen molar-refractivity contribution in [1.82, 2.24) is 10.2 Å². The Bertz CT molecular complexity index is 2250. The van der Waals surface area contributed by atoms with Crippen LogP contribution in [0.1, 0.15) is 49.7 Å². The molecule has 0 aliphatic carbocycles. The van der Waals surface area contributed by atoms with E-state index >= 15 is 0 Å². The minimum atomic E-state index is -0.706. The Kier molecular flexibility index (Phi) is 11.9. The van der Waals surface area contributed by atoms with E-state index in [0.717, 1.165) is 27.3 Å². The van der Waals surface area contributed by atoms with Crippen LogP contribution in [0.4, 0.5) is 16.4 Å². The molecule has 3 N–H and O–H groups in total. The molecule has 1 unspecified atom stereocenters. The van der Waals surface area contributed by atoms with Crippen molar-refractivity contribution in [3.05, 3.63) is 148 Å². The van der Waals surface area contributed by atoms with Gasteiger partial charge >= 0.3 is 0 Å². The SMILES string of the molecule is CC(=O)N1CCc2c(sc(NC(=O)C(Sc3cccc(NC(=O)/C(=C\c4ccc(N(C)C)cc4)NC(=O)c4ccccc4)c3)c3ccccc3)c2C#N)C1. The molecule has 1 aromatic heterocycles. The van der Waals surface area contributed by atoms with Gasteiger partial charge in [0.1, 0.15) is 22.0 Å². The minimum absolute atomic E-state index is 0.0313. The van der Waals surface area contributed by atoms with Crippen molar-refractivity contribution in [2.75, 3.05) is 36.2 Å². The topological polar surface area (TPSA) is 135 Å². The molecule has 2 heterocycles. The lowest BCUT2D eigenvalue weighted by Crippen LogP contribution is -2.33. The molecule has 5 aromatic rings. The van der Waals surface area contributed by atoms with E-state index in [-0.39, 0.29) is 17.5 Å². The Morgan fingerprint density at radius 2 is 1.61 bits per heavy atom. The number of amides is 4. The molecule has 0 bridgehead atoms. The van der Waals surface area contributed by atoms with Gasteiger partial charge in [-0.1, -0.05) is 66.7 Å². The molecule has 4 aromatic carbocycles. The van der Waals surface area contributed by atoms with Gasteiger partial charge in [0.15, 0.2) is 0 Å². The van der Waals surface area contributed by atoms with Crippen molar-refractivity contribution in [2.45, 2.75) is 30.0 Å². The normalized spacial score (nSPS) is 12.9. The summed E-state index contributed by atoms with van der Waals surface area (Å²) in [5.41, 5.74) is 4.71. The quantitative estimate of drug-likeness (QED) is 0.0941. The van der Waals surface area contributed by atoms with Gasteiger partial charge in [0, 0.05) is 54.3 Å². The third kappa shape index (κ3) is 9.06.